The molecule has 0 aliphatic carbocycles. The molecular formula is C16H22N4O. The molecular weight excluding hydrogens is 264 g/mol. The fourth-order valence-electron chi connectivity index (χ4n) is 2.87. The molecule has 1 aliphatic heterocycles. The van der Waals surface area contributed by atoms with Crippen molar-refractivity contribution in [1.29, 1.82) is 0 Å². The first-order valence-corrected chi connectivity index (χ1v) is 7.51. The standard InChI is InChI=1S/C16H22N4O/c1-17-16-18-14-6-4-3-5-13(14)15(19-16)20(2)11-12-7-9-21-10-8-12/h3-6,12H,7-11H2,1-2H3,(H,17,18,19). The van der Waals surface area contributed by atoms with Gasteiger partial charge in [-0.05, 0) is 30.9 Å². The highest BCUT2D eigenvalue weighted by Crippen LogP contribution is 2.26. The van der Waals surface area contributed by atoms with E-state index >= 15 is 0 Å². The van der Waals surface area contributed by atoms with Crippen LogP contribution in [0.1, 0.15) is 12.8 Å². The maximum atomic E-state index is 5.44. The summed E-state index contributed by atoms with van der Waals surface area (Å²) in [5, 5.41) is 4.15. The zero-order valence-electron chi connectivity index (χ0n) is 12.7. The molecule has 0 spiro atoms. The normalized spacial score (nSPS) is 16.1. The molecule has 0 amide bonds. The lowest BCUT2D eigenvalue weighted by atomic mass is 10.00. The van der Waals surface area contributed by atoms with Crippen LogP contribution >= 0.6 is 0 Å². The summed E-state index contributed by atoms with van der Waals surface area (Å²) in [5.74, 6) is 2.34. The van der Waals surface area contributed by atoms with E-state index in [0.717, 1.165) is 49.3 Å². The van der Waals surface area contributed by atoms with Gasteiger partial charge in [-0.1, -0.05) is 12.1 Å². The average molecular weight is 286 g/mol. The summed E-state index contributed by atoms with van der Waals surface area (Å²) in [6, 6.07) is 8.17. The lowest BCUT2D eigenvalue weighted by Crippen LogP contribution is -2.30. The third-order valence-electron chi connectivity index (χ3n) is 4.04. The van der Waals surface area contributed by atoms with Crippen molar-refractivity contribution < 1.29 is 4.74 Å². The Morgan fingerprint density at radius 2 is 2.00 bits per heavy atom. The molecule has 5 heteroatoms. The van der Waals surface area contributed by atoms with Crippen LogP contribution in [0.4, 0.5) is 11.8 Å². The third-order valence-corrected chi connectivity index (χ3v) is 4.04. The van der Waals surface area contributed by atoms with Crippen LogP contribution in [-0.4, -0.2) is 43.8 Å². The molecule has 21 heavy (non-hydrogen) atoms. The molecule has 2 heterocycles. The molecule has 0 atom stereocenters. The topological polar surface area (TPSA) is 50.3 Å². The Balaban J connectivity index is 1.90. The van der Waals surface area contributed by atoms with Crippen molar-refractivity contribution in [1.82, 2.24) is 9.97 Å². The number of nitrogens with zero attached hydrogens (tertiary/aromatic N) is 3. The average Bonchev–Trinajstić information content (AvgIpc) is 2.54. The van der Waals surface area contributed by atoms with E-state index in [1.54, 1.807) is 0 Å². The summed E-state index contributed by atoms with van der Waals surface area (Å²) in [6.45, 7) is 2.77. The van der Waals surface area contributed by atoms with Gasteiger partial charge in [-0.3, -0.25) is 0 Å². The zero-order valence-corrected chi connectivity index (χ0v) is 12.7. The van der Waals surface area contributed by atoms with E-state index in [-0.39, 0.29) is 0 Å². The van der Waals surface area contributed by atoms with Crippen molar-refractivity contribution in [2.24, 2.45) is 5.92 Å². The highest BCUT2D eigenvalue weighted by molar-refractivity contribution is 5.90. The van der Waals surface area contributed by atoms with E-state index in [2.05, 4.69) is 33.3 Å². The molecule has 1 aliphatic rings. The molecule has 2 aromatic rings. The van der Waals surface area contributed by atoms with Gasteiger partial charge in [-0.25, -0.2) is 4.98 Å². The number of fused-ring (bicyclic) bond motifs is 1. The van der Waals surface area contributed by atoms with Gasteiger partial charge in [0.1, 0.15) is 5.82 Å². The maximum absolute atomic E-state index is 5.44. The summed E-state index contributed by atoms with van der Waals surface area (Å²) >= 11 is 0. The van der Waals surface area contributed by atoms with Gasteiger partial charge < -0.3 is 15.0 Å². The number of rotatable bonds is 4. The molecule has 1 aromatic heterocycles. The first-order valence-electron chi connectivity index (χ1n) is 7.51. The van der Waals surface area contributed by atoms with Crippen LogP contribution in [0.3, 0.4) is 0 Å². The van der Waals surface area contributed by atoms with Crippen LogP contribution in [0.25, 0.3) is 10.9 Å². The van der Waals surface area contributed by atoms with Gasteiger partial charge in [-0.2, -0.15) is 4.98 Å². The molecule has 0 saturated carbocycles. The van der Waals surface area contributed by atoms with Crippen molar-refractivity contribution >= 4 is 22.7 Å². The lowest BCUT2D eigenvalue weighted by Gasteiger charge is -2.28. The van der Waals surface area contributed by atoms with Crippen LogP contribution in [0.15, 0.2) is 24.3 Å². The number of para-hydroxylation sites is 1. The lowest BCUT2D eigenvalue weighted by molar-refractivity contribution is 0.0685. The summed E-state index contributed by atoms with van der Waals surface area (Å²) in [4.78, 5) is 11.4. The molecule has 5 nitrogen and oxygen atoms in total. The smallest absolute Gasteiger partial charge is 0.224 e. The molecule has 0 bridgehead atoms. The largest absolute Gasteiger partial charge is 0.381 e. The van der Waals surface area contributed by atoms with Gasteiger partial charge in [0.05, 0.1) is 5.52 Å². The Morgan fingerprint density at radius 1 is 1.24 bits per heavy atom. The first-order chi connectivity index (χ1) is 10.3. The summed E-state index contributed by atoms with van der Waals surface area (Å²) in [6.07, 6.45) is 2.26. The predicted octanol–water partition coefficient (Wildman–Crippen LogP) is 2.53. The fourth-order valence-corrected chi connectivity index (χ4v) is 2.87. The second-order valence-electron chi connectivity index (χ2n) is 5.57. The minimum Gasteiger partial charge on any atom is -0.381 e. The van der Waals surface area contributed by atoms with E-state index in [0.29, 0.717) is 11.9 Å². The van der Waals surface area contributed by atoms with Crippen molar-refractivity contribution in [2.75, 3.05) is 44.1 Å². The van der Waals surface area contributed by atoms with Gasteiger partial charge in [-0.15, -0.1) is 0 Å². The Morgan fingerprint density at radius 3 is 2.76 bits per heavy atom. The Hall–Kier alpha value is -1.88. The van der Waals surface area contributed by atoms with Gasteiger partial charge in [0.25, 0.3) is 0 Å². The molecule has 0 radical (unpaired) electrons. The highest BCUT2D eigenvalue weighted by atomic mass is 16.5. The van der Waals surface area contributed by atoms with Gasteiger partial charge in [0.2, 0.25) is 5.95 Å². The van der Waals surface area contributed by atoms with E-state index in [1.807, 2.05) is 25.2 Å². The van der Waals surface area contributed by atoms with Crippen molar-refractivity contribution in [3.8, 4) is 0 Å². The van der Waals surface area contributed by atoms with E-state index in [4.69, 9.17) is 4.74 Å². The van der Waals surface area contributed by atoms with E-state index in [9.17, 15) is 0 Å². The van der Waals surface area contributed by atoms with Gasteiger partial charge in [0, 0.05) is 39.2 Å². The van der Waals surface area contributed by atoms with Crippen molar-refractivity contribution in [3.63, 3.8) is 0 Å². The highest BCUT2D eigenvalue weighted by Gasteiger charge is 2.18. The quantitative estimate of drug-likeness (QED) is 0.936. The summed E-state index contributed by atoms with van der Waals surface area (Å²) in [5.41, 5.74) is 0.977. The van der Waals surface area contributed by atoms with Crippen LogP contribution in [0.5, 0.6) is 0 Å². The third kappa shape index (κ3) is 3.08. The first kappa shape index (κ1) is 14.1. The molecule has 112 valence electrons. The Kier molecular flexibility index (Phi) is 4.20. The number of nitrogens with one attached hydrogen (secondary N) is 1. The molecule has 1 saturated heterocycles. The van der Waals surface area contributed by atoms with E-state index < -0.39 is 0 Å². The number of hydrogen-bond acceptors (Lipinski definition) is 5. The minimum atomic E-state index is 0.669. The molecule has 3 rings (SSSR count). The van der Waals surface area contributed by atoms with Crippen molar-refractivity contribution in [3.05, 3.63) is 24.3 Å². The number of hydrogen-bond donors (Lipinski definition) is 1. The zero-order chi connectivity index (χ0) is 14.7. The Bertz CT molecular complexity index is 610. The fraction of sp³-hybridized carbons (Fsp3) is 0.500. The molecule has 1 N–H and O–H groups in total. The van der Waals surface area contributed by atoms with Crippen LogP contribution in [0, 0.1) is 5.92 Å². The van der Waals surface area contributed by atoms with Crippen LogP contribution in [0.2, 0.25) is 0 Å². The number of anilines is 2. The Labute approximate surface area is 125 Å². The second kappa shape index (κ2) is 6.26. The molecule has 0 unspecified atom stereocenters. The van der Waals surface area contributed by atoms with Gasteiger partial charge >= 0.3 is 0 Å². The van der Waals surface area contributed by atoms with Gasteiger partial charge in [0.15, 0.2) is 0 Å². The second-order valence-corrected chi connectivity index (χ2v) is 5.57. The van der Waals surface area contributed by atoms with E-state index in [1.165, 1.54) is 0 Å². The number of ether oxygens (including phenoxy) is 1. The van der Waals surface area contributed by atoms with Crippen molar-refractivity contribution in [2.45, 2.75) is 12.8 Å². The predicted molar refractivity (Wildman–Crippen MR) is 85.9 cm³/mol. The minimum absolute atomic E-state index is 0.669. The SMILES string of the molecule is CNc1nc(N(C)CC2CCOCC2)c2ccccc2n1. The summed E-state index contributed by atoms with van der Waals surface area (Å²) < 4.78 is 5.44. The maximum Gasteiger partial charge on any atom is 0.224 e. The van der Waals surface area contributed by atoms with Crippen LogP contribution < -0.4 is 10.2 Å². The summed E-state index contributed by atoms with van der Waals surface area (Å²) in [7, 11) is 3.97. The number of benzene rings is 1. The molecule has 1 aromatic carbocycles. The molecule has 1 fully saturated rings. The van der Waals surface area contributed by atoms with Crippen LogP contribution in [-0.2, 0) is 4.74 Å². The number of aromatic nitrogens is 2. The monoisotopic (exact) mass is 286 g/mol.